The zero-order valence-electron chi connectivity index (χ0n) is 12.3. The van der Waals surface area contributed by atoms with E-state index >= 15 is 0 Å². The van der Waals surface area contributed by atoms with Crippen LogP contribution < -0.4 is 5.73 Å². The number of nitrogens with zero attached hydrogens (tertiary/aromatic N) is 2. The highest BCUT2D eigenvalue weighted by atomic mass is 32.2. The molecule has 0 aliphatic rings. The molecule has 0 atom stereocenters. The third-order valence-electron chi connectivity index (χ3n) is 3.40. The molecule has 0 saturated carbocycles. The van der Waals surface area contributed by atoms with Crippen LogP contribution in [0.1, 0.15) is 23.4 Å². The number of rotatable bonds is 5. The molecule has 0 spiro atoms. The van der Waals surface area contributed by atoms with Crippen molar-refractivity contribution in [1.82, 2.24) is 9.97 Å². The molecule has 0 unspecified atom stereocenters. The standard InChI is InChI=1S/C16H21N3S/c1-11-15(5-4-10-17)12(2)19-16(18-11)13-6-8-14(20-3)9-7-13/h6-9H,4-5,10,17H2,1-3H3. The Kier molecular flexibility index (Phi) is 5.15. The predicted molar refractivity (Wildman–Crippen MR) is 86.1 cm³/mol. The van der Waals surface area contributed by atoms with Gasteiger partial charge in [0.15, 0.2) is 5.82 Å². The van der Waals surface area contributed by atoms with Crippen LogP contribution in [-0.2, 0) is 6.42 Å². The summed E-state index contributed by atoms with van der Waals surface area (Å²) >= 11 is 1.74. The van der Waals surface area contributed by atoms with Crippen molar-refractivity contribution in [2.24, 2.45) is 5.73 Å². The highest BCUT2D eigenvalue weighted by Gasteiger charge is 2.09. The third kappa shape index (κ3) is 3.38. The van der Waals surface area contributed by atoms with Gasteiger partial charge in [-0.25, -0.2) is 9.97 Å². The van der Waals surface area contributed by atoms with Crippen LogP contribution in [0.15, 0.2) is 29.2 Å². The molecule has 1 heterocycles. The van der Waals surface area contributed by atoms with Crippen LogP contribution in [0.25, 0.3) is 11.4 Å². The first-order valence-corrected chi connectivity index (χ1v) is 8.06. The Morgan fingerprint density at radius 2 is 1.65 bits per heavy atom. The smallest absolute Gasteiger partial charge is 0.159 e. The zero-order chi connectivity index (χ0) is 14.5. The van der Waals surface area contributed by atoms with E-state index in [2.05, 4.69) is 54.3 Å². The summed E-state index contributed by atoms with van der Waals surface area (Å²) in [4.78, 5) is 10.6. The first-order chi connectivity index (χ1) is 9.65. The highest BCUT2D eigenvalue weighted by Crippen LogP contribution is 2.22. The lowest BCUT2D eigenvalue weighted by Crippen LogP contribution is -2.06. The van der Waals surface area contributed by atoms with Gasteiger partial charge in [0.05, 0.1) is 0 Å². The maximum atomic E-state index is 5.58. The molecule has 4 heteroatoms. The van der Waals surface area contributed by atoms with E-state index in [9.17, 15) is 0 Å². The second-order valence-corrected chi connectivity index (χ2v) is 5.70. The summed E-state index contributed by atoms with van der Waals surface area (Å²) in [5.74, 6) is 0.809. The molecule has 106 valence electrons. The SMILES string of the molecule is CSc1ccc(-c2nc(C)c(CCCN)c(C)n2)cc1. The van der Waals surface area contributed by atoms with Crippen molar-refractivity contribution in [2.45, 2.75) is 31.6 Å². The lowest BCUT2D eigenvalue weighted by Gasteiger charge is -2.10. The van der Waals surface area contributed by atoms with Gasteiger partial charge >= 0.3 is 0 Å². The summed E-state index contributed by atoms with van der Waals surface area (Å²) in [6, 6.07) is 8.38. The fourth-order valence-electron chi connectivity index (χ4n) is 2.25. The molecular formula is C16H21N3S. The van der Waals surface area contributed by atoms with Gasteiger partial charge in [0, 0.05) is 21.8 Å². The third-order valence-corrected chi connectivity index (χ3v) is 4.14. The molecule has 3 nitrogen and oxygen atoms in total. The maximum absolute atomic E-state index is 5.58. The van der Waals surface area contributed by atoms with E-state index in [1.807, 2.05) is 0 Å². The highest BCUT2D eigenvalue weighted by molar-refractivity contribution is 7.98. The maximum Gasteiger partial charge on any atom is 0.159 e. The Hall–Kier alpha value is -1.39. The van der Waals surface area contributed by atoms with Gasteiger partial charge < -0.3 is 5.73 Å². The zero-order valence-corrected chi connectivity index (χ0v) is 13.1. The summed E-state index contributed by atoms with van der Waals surface area (Å²) in [7, 11) is 0. The molecule has 1 aromatic heterocycles. The van der Waals surface area contributed by atoms with Crippen LogP contribution in [0.4, 0.5) is 0 Å². The van der Waals surface area contributed by atoms with Crippen molar-refractivity contribution in [3.8, 4) is 11.4 Å². The van der Waals surface area contributed by atoms with Crippen LogP contribution >= 0.6 is 11.8 Å². The van der Waals surface area contributed by atoms with Crippen molar-refractivity contribution in [1.29, 1.82) is 0 Å². The Labute approximate surface area is 125 Å². The molecule has 0 bridgehead atoms. The number of benzene rings is 1. The monoisotopic (exact) mass is 287 g/mol. The minimum atomic E-state index is 0.705. The minimum Gasteiger partial charge on any atom is -0.330 e. The van der Waals surface area contributed by atoms with Crippen LogP contribution in [0.5, 0.6) is 0 Å². The molecule has 0 aliphatic heterocycles. The molecule has 2 aromatic rings. The number of aryl methyl sites for hydroxylation is 2. The second kappa shape index (κ2) is 6.86. The van der Waals surface area contributed by atoms with Gasteiger partial charge in [-0.15, -0.1) is 11.8 Å². The molecule has 0 saturated heterocycles. The van der Waals surface area contributed by atoms with Crippen molar-refractivity contribution in [3.63, 3.8) is 0 Å². The fraction of sp³-hybridized carbons (Fsp3) is 0.375. The largest absolute Gasteiger partial charge is 0.330 e. The second-order valence-electron chi connectivity index (χ2n) is 4.82. The lowest BCUT2D eigenvalue weighted by molar-refractivity contribution is 0.806. The normalized spacial score (nSPS) is 10.8. The average molecular weight is 287 g/mol. The van der Waals surface area contributed by atoms with Crippen molar-refractivity contribution in [2.75, 3.05) is 12.8 Å². The lowest BCUT2D eigenvalue weighted by atomic mass is 10.1. The van der Waals surface area contributed by atoms with Crippen LogP contribution in [-0.4, -0.2) is 22.8 Å². The van der Waals surface area contributed by atoms with E-state index in [1.54, 1.807) is 11.8 Å². The van der Waals surface area contributed by atoms with E-state index in [4.69, 9.17) is 5.73 Å². The summed E-state index contributed by atoms with van der Waals surface area (Å²) in [6.45, 7) is 4.82. The van der Waals surface area contributed by atoms with Crippen LogP contribution in [0.3, 0.4) is 0 Å². The Morgan fingerprint density at radius 3 is 2.15 bits per heavy atom. The molecule has 20 heavy (non-hydrogen) atoms. The van der Waals surface area contributed by atoms with Gasteiger partial charge in [-0.05, 0) is 57.2 Å². The number of hydrogen-bond acceptors (Lipinski definition) is 4. The summed E-state index contributed by atoms with van der Waals surface area (Å²) in [6.07, 6.45) is 4.01. The Bertz CT molecular complexity index is 556. The number of hydrogen-bond donors (Lipinski definition) is 1. The van der Waals surface area contributed by atoms with Crippen molar-refractivity contribution >= 4 is 11.8 Å². The topological polar surface area (TPSA) is 51.8 Å². The summed E-state index contributed by atoms with van der Waals surface area (Å²) in [5, 5.41) is 0. The van der Waals surface area contributed by atoms with Crippen LogP contribution in [0, 0.1) is 13.8 Å². The Morgan fingerprint density at radius 1 is 1.05 bits per heavy atom. The first-order valence-electron chi connectivity index (χ1n) is 6.84. The average Bonchev–Trinajstić information content (AvgIpc) is 2.46. The van der Waals surface area contributed by atoms with E-state index in [0.717, 1.165) is 35.6 Å². The van der Waals surface area contributed by atoms with E-state index < -0.39 is 0 Å². The summed E-state index contributed by atoms with van der Waals surface area (Å²) < 4.78 is 0. The van der Waals surface area contributed by atoms with Gasteiger partial charge in [-0.1, -0.05) is 12.1 Å². The fourth-order valence-corrected chi connectivity index (χ4v) is 2.66. The molecule has 0 radical (unpaired) electrons. The molecule has 2 rings (SSSR count). The van der Waals surface area contributed by atoms with E-state index in [0.29, 0.717) is 6.54 Å². The number of aromatic nitrogens is 2. The van der Waals surface area contributed by atoms with Gasteiger partial charge in [0.1, 0.15) is 0 Å². The number of thioether (sulfide) groups is 1. The Balaban J connectivity index is 2.33. The summed E-state index contributed by atoms with van der Waals surface area (Å²) in [5.41, 5.74) is 10.0. The van der Waals surface area contributed by atoms with Gasteiger partial charge in [0.25, 0.3) is 0 Å². The molecule has 0 fully saturated rings. The number of nitrogens with two attached hydrogens (primary N) is 1. The molecule has 2 N–H and O–H groups in total. The van der Waals surface area contributed by atoms with Gasteiger partial charge in [-0.2, -0.15) is 0 Å². The molecule has 0 aliphatic carbocycles. The van der Waals surface area contributed by atoms with Crippen molar-refractivity contribution in [3.05, 3.63) is 41.2 Å². The predicted octanol–water partition coefficient (Wildman–Crippen LogP) is 3.37. The van der Waals surface area contributed by atoms with Crippen LogP contribution in [0.2, 0.25) is 0 Å². The molecular weight excluding hydrogens is 266 g/mol. The van der Waals surface area contributed by atoms with E-state index in [1.165, 1.54) is 10.5 Å². The molecule has 0 amide bonds. The van der Waals surface area contributed by atoms with Gasteiger partial charge in [-0.3, -0.25) is 0 Å². The van der Waals surface area contributed by atoms with E-state index in [-0.39, 0.29) is 0 Å². The quantitative estimate of drug-likeness (QED) is 0.857. The van der Waals surface area contributed by atoms with Crippen molar-refractivity contribution < 1.29 is 0 Å². The minimum absolute atomic E-state index is 0.705. The molecule has 1 aromatic carbocycles. The van der Waals surface area contributed by atoms with Gasteiger partial charge in [0.2, 0.25) is 0 Å². The first kappa shape index (κ1) is 15.0.